The summed E-state index contributed by atoms with van der Waals surface area (Å²) in [5, 5.41) is 0. The first-order valence-corrected chi connectivity index (χ1v) is 7.68. The number of hydrogen-bond donors (Lipinski definition) is 0. The first-order chi connectivity index (χ1) is 9.63. The molecule has 1 unspecified atom stereocenters. The van der Waals surface area contributed by atoms with Crippen molar-refractivity contribution < 1.29 is 14.3 Å². The normalized spacial score (nSPS) is 24.5. The predicted molar refractivity (Wildman–Crippen MR) is 76.2 cm³/mol. The van der Waals surface area contributed by atoms with Gasteiger partial charge in [-0.1, -0.05) is 6.92 Å². The minimum Gasteiger partial charge on any atom is -0.384 e. The maximum Gasteiger partial charge on any atom is 0.223 e. The second kappa shape index (κ2) is 7.07. The highest BCUT2D eigenvalue weighted by Gasteiger charge is 2.32. The number of carbonyl (C=O) groups excluding carboxylic acids is 2. The highest BCUT2D eigenvalue weighted by molar-refractivity contribution is 5.78. The fourth-order valence-electron chi connectivity index (χ4n) is 3.28. The smallest absolute Gasteiger partial charge is 0.223 e. The van der Waals surface area contributed by atoms with E-state index in [-0.39, 0.29) is 11.8 Å². The van der Waals surface area contributed by atoms with Crippen LogP contribution in [0.25, 0.3) is 0 Å². The Balaban J connectivity index is 1.75. The largest absolute Gasteiger partial charge is 0.384 e. The molecule has 114 valence electrons. The number of rotatable bonds is 5. The molecule has 5 heteroatoms. The van der Waals surface area contributed by atoms with Crippen LogP contribution < -0.4 is 0 Å². The summed E-state index contributed by atoms with van der Waals surface area (Å²) in [6.07, 6.45) is 3.25. The van der Waals surface area contributed by atoms with E-state index in [1.165, 1.54) is 0 Å². The van der Waals surface area contributed by atoms with Crippen LogP contribution in [0.4, 0.5) is 0 Å². The first kappa shape index (κ1) is 15.3. The summed E-state index contributed by atoms with van der Waals surface area (Å²) in [5.74, 6) is 1.41. The van der Waals surface area contributed by atoms with Gasteiger partial charge < -0.3 is 14.5 Å². The van der Waals surface area contributed by atoms with Crippen LogP contribution in [0.5, 0.6) is 0 Å². The van der Waals surface area contributed by atoms with E-state index in [4.69, 9.17) is 4.74 Å². The molecular weight excluding hydrogens is 256 g/mol. The Kier molecular flexibility index (Phi) is 5.40. The van der Waals surface area contributed by atoms with Crippen LogP contribution in [-0.2, 0) is 14.3 Å². The molecule has 2 aliphatic heterocycles. The zero-order valence-corrected chi connectivity index (χ0v) is 12.6. The Morgan fingerprint density at radius 2 is 2.00 bits per heavy atom. The first-order valence-electron chi connectivity index (χ1n) is 7.68. The summed E-state index contributed by atoms with van der Waals surface area (Å²) in [6.45, 7) is 5.97. The number of amides is 2. The van der Waals surface area contributed by atoms with E-state index in [2.05, 4.69) is 0 Å². The standard InChI is InChI=1S/C15H26N2O3/c1-3-14(18)16-6-4-12(5-7-16)9-17-10-13(11-20-2)8-15(17)19/h12-13H,3-11H2,1-2H3. The summed E-state index contributed by atoms with van der Waals surface area (Å²) in [6, 6.07) is 0. The number of carbonyl (C=O) groups is 2. The lowest BCUT2D eigenvalue weighted by Gasteiger charge is -2.33. The zero-order chi connectivity index (χ0) is 14.5. The third-order valence-electron chi connectivity index (χ3n) is 4.45. The summed E-state index contributed by atoms with van der Waals surface area (Å²) < 4.78 is 5.14. The predicted octanol–water partition coefficient (Wildman–Crippen LogP) is 1.13. The Morgan fingerprint density at radius 3 is 2.60 bits per heavy atom. The molecule has 2 amide bonds. The molecule has 2 saturated heterocycles. The lowest BCUT2D eigenvalue weighted by Crippen LogP contribution is -2.41. The molecule has 2 heterocycles. The van der Waals surface area contributed by atoms with Gasteiger partial charge in [-0.3, -0.25) is 9.59 Å². The topological polar surface area (TPSA) is 49.9 Å². The summed E-state index contributed by atoms with van der Waals surface area (Å²) in [4.78, 5) is 27.5. The molecular formula is C15H26N2O3. The van der Waals surface area contributed by atoms with E-state index in [9.17, 15) is 9.59 Å². The maximum atomic E-state index is 12.0. The van der Waals surface area contributed by atoms with Gasteiger partial charge in [0.1, 0.15) is 0 Å². The van der Waals surface area contributed by atoms with E-state index in [1.807, 2.05) is 16.7 Å². The van der Waals surface area contributed by atoms with Crippen molar-refractivity contribution in [2.45, 2.75) is 32.6 Å². The fraction of sp³-hybridized carbons (Fsp3) is 0.867. The molecule has 2 aliphatic rings. The molecule has 0 spiro atoms. The van der Waals surface area contributed by atoms with E-state index in [1.54, 1.807) is 7.11 Å². The van der Waals surface area contributed by atoms with Crippen molar-refractivity contribution in [2.75, 3.05) is 39.9 Å². The highest BCUT2D eigenvalue weighted by Crippen LogP contribution is 2.24. The van der Waals surface area contributed by atoms with E-state index in [0.717, 1.165) is 39.0 Å². The van der Waals surface area contributed by atoms with Gasteiger partial charge in [-0.05, 0) is 18.8 Å². The summed E-state index contributed by atoms with van der Waals surface area (Å²) >= 11 is 0. The second-order valence-electron chi connectivity index (χ2n) is 6.00. The molecule has 0 aromatic carbocycles. The van der Waals surface area contributed by atoms with Crippen LogP contribution in [0.3, 0.4) is 0 Å². The van der Waals surface area contributed by atoms with Gasteiger partial charge in [0.25, 0.3) is 0 Å². The van der Waals surface area contributed by atoms with Gasteiger partial charge in [0.2, 0.25) is 11.8 Å². The SMILES string of the molecule is CCC(=O)N1CCC(CN2CC(COC)CC2=O)CC1. The van der Waals surface area contributed by atoms with Crippen molar-refractivity contribution in [2.24, 2.45) is 11.8 Å². The lowest BCUT2D eigenvalue weighted by molar-refractivity contribution is -0.133. The molecule has 0 aromatic heterocycles. The lowest BCUT2D eigenvalue weighted by atomic mass is 9.96. The average molecular weight is 282 g/mol. The highest BCUT2D eigenvalue weighted by atomic mass is 16.5. The van der Waals surface area contributed by atoms with Crippen molar-refractivity contribution in [3.05, 3.63) is 0 Å². The maximum absolute atomic E-state index is 12.0. The molecule has 0 saturated carbocycles. The van der Waals surface area contributed by atoms with Crippen LogP contribution in [0.15, 0.2) is 0 Å². The van der Waals surface area contributed by atoms with Gasteiger partial charge in [0.05, 0.1) is 6.61 Å². The van der Waals surface area contributed by atoms with Crippen LogP contribution >= 0.6 is 0 Å². The van der Waals surface area contributed by atoms with Gasteiger partial charge in [-0.2, -0.15) is 0 Å². The Hall–Kier alpha value is -1.10. The Morgan fingerprint density at radius 1 is 1.30 bits per heavy atom. The second-order valence-corrected chi connectivity index (χ2v) is 6.00. The molecule has 20 heavy (non-hydrogen) atoms. The van der Waals surface area contributed by atoms with Gasteiger partial charge in [-0.15, -0.1) is 0 Å². The van der Waals surface area contributed by atoms with Crippen molar-refractivity contribution in [1.82, 2.24) is 9.80 Å². The van der Waals surface area contributed by atoms with Crippen molar-refractivity contribution in [1.29, 1.82) is 0 Å². The van der Waals surface area contributed by atoms with E-state index >= 15 is 0 Å². The van der Waals surface area contributed by atoms with Crippen LogP contribution in [0.2, 0.25) is 0 Å². The molecule has 0 radical (unpaired) electrons. The molecule has 2 rings (SSSR count). The summed E-state index contributed by atoms with van der Waals surface area (Å²) in [5.41, 5.74) is 0. The number of nitrogens with zero attached hydrogens (tertiary/aromatic N) is 2. The average Bonchev–Trinajstić information content (AvgIpc) is 2.79. The molecule has 5 nitrogen and oxygen atoms in total. The van der Waals surface area contributed by atoms with Gasteiger partial charge in [-0.25, -0.2) is 0 Å². The summed E-state index contributed by atoms with van der Waals surface area (Å²) in [7, 11) is 1.69. The minimum absolute atomic E-state index is 0.251. The van der Waals surface area contributed by atoms with E-state index in [0.29, 0.717) is 31.3 Å². The molecule has 0 N–H and O–H groups in total. The Labute approximate surface area is 121 Å². The van der Waals surface area contributed by atoms with Crippen molar-refractivity contribution in [3.8, 4) is 0 Å². The number of ether oxygens (including phenoxy) is 1. The third kappa shape index (κ3) is 3.72. The van der Waals surface area contributed by atoms with Crippen molar-refractivity contribution in [3.63, 3.8) is 0 Å². The van der Waals surface area contributed by atoms with E-state index < -0.39 is 0 Å². The van der Waals surface area contributed by atoms with Gasteiger partial charge >= 0.3 is 0 Å². The molecule has 0 aliphatic carbocycles. The van der Waals surface area contributed by atoms with Crippen LogP contribution in [0.1, 0.15) is 32.6 Å². The van der Waals surface area contributed by atoms with Gasteiger partial charge in [0, 0.05) is 52.0 Å². The molecule has 2 fully saturated rings. The molecule has 0 bridgehead atoms. The monoisotopic (exact) mass is 282 g/mol. The quantitative estimate of drug-likeness (QED) is 0.759. The number of methoxy groups -OCH3 is 1. The van der Waals surface area contributed by atoms with Crippen LogP contribution in [0, 0.1) is 11.8 Å². The van der Waals surface area contributed by atoms with Gasteiger partial charge in [0.15, 0.2) is 0 Å². The number of piperidine rings is 1. The molecule has 0 aromatic rings. The third-order valence-corrected chi connectivity index (χ3v) is 4.45. The fourth-order valence-corrected chi connectivity index (χ4v) is 3.28. The Bertz CT molecular complexity index is 351. The molecule has 1 atom stereocenters. The van der Waals surface area contributed by atoms with Crippen molar-refractivity contribution >= 4 is 11.8 Å². The minimum atomic E-state index is 0.251. The van der Waals surface area contributed by atoms with Crippen LogP contribution in [-0.4, -0.2) is 61.5 Å². The number of hydrogen-bond acceptors (Lipinski definition) is 3. The zero-order valence-electron chi connectivity index (χ0n) is 12.6. The number of likely N-dealkylation sites (tertiary alicyclic amines) is 2.